The number of nitrogens with zero attached hydrogens (tertiary/aromatic N) is 1. The van der Waals surface area contributed by atoms with E-state index >= 15 is 0 Å². The molecule has 0 unspecified atom stereocenters. The number of hydrazone groups is 1. The minimum atomic E-state index is -3.01. The molecule has 1 atom stereocenters. The summed E-state index contributed by atoms with van der Waals surface area (Å²) in [5.41, 5.74) is 4.02. The number of benzene rings is 2. The molecule has 0 saturated carbocycles. The molecule has 2 aromatic rings. The van der Waals surface area contributed by atoms with Crippen LogP contribution in [-0.4, -0.2) is 37.7 Å². The Kier molecular flexibility index (Phi) is 4.53. The van der Waals surface area contributed by atoms with E-state index in [2.05, 4.69) is 15.8 Å². The van der Waals surface area contributed by atoms with Gasteiger partial charge in [-0.1, -0.05) is 36.4 Å². The summed E-state index contributed by atoms with van der Waals surface area (Å²) in [5.74, 6) is 0.116. The molecule has 7 heteroatoms. The first-order valence-electron chi connectivity index (χ1n) is 7.73. The molecule has 24 heavy (non-hydrogen) atoms. The van der Waals surface area contributed by atoms with Crippen molar-refractivity contribution in [1.82, 2.24) is 10.7 Å². The van der Waals surface area contributed by atoms with E-state index in [1.807, 2.05) is 49.4 Å². The van der Waals surface area contributed by atoms with Crippen LogP contribution >= 0.6 is 0 Å². The number of hydrogen-bond acceptors (Lipinski definition) is 4. The molecule has 0 aromatic heterocycles. The summed E-state index contributed by atoms with van der Waals surface area (Å²) >= 11 is 0. The first-order chi connectivity index (χ1) is 11.4. The van der Waals surface area contributed by atoms with E-state index in [1.54, 1.807) is 0 Å². The standard InChI is InChI=1S/C17H19N3O3S/c1-12(14-7-6-13-4-2-3-5-15(13)10-14)19-20-17(21)18-16-8-9-24(22,23)11-16/h2-7,10,16H,8-9,11H2,1H3,(H2,18,20,21)/t16-/m0/s1. The molecule has 3 rings (SSSR count). The minimum absolute atomic E-state index is 0.00616. The van der Waals surface area contributed by atoms with Gasteiger partial charge in [0, 0.05) is 6.04 Å². The zero-order chi connectivity index (χ0) is 17.2. The molecule has 1 aliphatic heterocycles. The van der Waals surface area contributed by atoms with E-state index in [4.69, 9.17) is 0 Å². The smallest absolute Gasteiger partial charge is 0.333 e. The van der Waals surface area contributed by atoms with Crippen LogP contribution in [0.4, 0.5) is 4.79 Å². The fraction of sp³-hybridized carbons (Fsp3) is 0.294. The number of nitrogens with one attached hydrogen (secondary N) is 2. The van der Waals surface area contributed by atoms with Gasteiger partial charge in [-0.25, -0.2) is 18.6 Å². The van der Waals surface area contributed by atoms with Crippen molar-refractivity contribution in [2.45, 2.75) is 19.4 Å². The highest BCUT2D eigenvalue weighted by Gasteiger charge is 2.28. The molecule has 0 spiro atoms. The number of rotatable bonds is 3. The quantitative estimate of drug-likeness (QED) is 0.659. The van der Waals surface area contributed by atoms with Crippen LogP contribution in [-0.2, 0) is 9.84 Å². The third kappa shape index (κ3) is 3.91. The summed E-state index contributed by atoms with van der Waals surface area (Å²) in [6.07, 6.45) is 0.448. The highest BCUT2D eigenvalue weighted by atomic mass is 32.2. The molecule has 6 nitrogen and oxygen atoms in total. The summed E-state index contributed by atoms with van der Waals surface area (Å²) in [5, 5.41) is 8.96. The molecule has 1 heterocycles. The molecule has 2 amide bonds. The lowest BCUT2D eigenvalue weighted by Crippen LogP contribution is -2.41. The minimum Gasteiger partial charge on any atom is -0.333 e. The second kappa shape index (κ2) is 6.60. The normalized spacial score (nSPS) is 20.0. The van der Waals surface area contributed by atoms with Crippen LogP contribution in [0.15, 0.2) is 47.6 Å². The number of urea groups is 1. The van der Waals surface area contributed by atoms with E-state index in [0.29, 0.717) is 12.1 Å². The average Bonchev–Trinajstić information content (AvgIpc) is 2.90. The maximum atomic E-state index is 11.8. The Hall–Kier alpha value is -2.41. The van der Waals surface area contributed by atoms with Crippen molar-refractivity contribution in [3.8, 4) is 0 Å². The van der Waals surface area contributed by atoms with E-state index in [1.165, 1.54) is 0 Å². The summed E-state index contributed by atoms with van der Waals surface area (Å²) < 4.78 is 22.8. The summed E-state index contributed by atoms with van der Waals surface area (Å²) in [7, 11) is -3.01. The Morgan fingerprint density at radius 3 is 2.62 bits per heavy atom. The van der Waals surface area contributed by atoms with Crippen LogP contribution in [0.5, 0.6) is 0 Å². The van der Waals surface area contributed by atoms with Gasteiger partial charge in [0.05, 0.1) is 17.2 Å². The maximum absolute atomic E-state index is 11.8. The van der Waals surface area contributed by atoms with E-state index < -0.39 is 15.9 Å². The molecule has 126 valence electrons. The van der Waals surface area contributed by atoms with Crippen LogP contribution in [0.2, 0.25) is 0 Å². The number of hydrogen-bond donors (Lipinski definition) is 2. The van der Waals surface area contributed by atoms with Crippen LogP contribution in [0, 0.1) is 0 Å². The predicted octanol–water partition coefficient (Wildman–Crippen LogP) is 2.05. The molecule has 2 N–H and O–H groups in total. The fourth-order valence-electron chi connectivity index (χ4n) is 2.74. The Morgan fingerprint density at radius 1 is 1.17 bits per heavy atom. The number of sulfone groups is 1. The maximum Gasteiger partial charge on any atom is 0.335 e. The number of carbonyl (C=O) groups is 1. The summed E-state index contributed by atoms with van der Waals surface area (Å²) in [4.78, 5) is 11.8. The number of carbonyl (C=O) groups excluding carboxylic acids is 1. The van der Waals surface area contributed by atoms with Crippen molar-refractivity contribution in [3.63, 3.8) is 0 Å². The monoisotopic (exact) mass is 345 g/mol. The topological polar surface area (TPSA) is 87.6 Å². The van der Waals surface area contributed by atoms with Crippen molar-refractivity contribution in [2.24, 2.45) is 5.10 Å². The van der Waals surface area contributed by atoms with Gasteiger partial charge in [-0.15, -0.1) is 0 Å². The van der Waals surface area contributed by atoms with Crippen molar-refractivity contribution >= 4 is 32.4 Å². The van der Waals surface area contributed by atoms with Crippen molar-refractivity contribution < 1.29 is 13.2 Å². The number of amides is 2. The molecule has 1 saturated heterocycles. The van der Waals surface area contributed by atoms with Crippen LogP contribution < -0.4 is 10.7 Å². The molecule has 1 aliphatic rings. The van der Waals surface area contributed by atoms with Crippen LogP contribution in [0.3, 0.4) is 0 Å². The summed E-state index contributed by atoms with van der Waals surface area (Å²) in [6, 6.07) is 13.1. The van der Waals surface area contributed by atoms with Crippen LogP contribution in [0.1, 0.15) is 18.9 Å². The molecule has 0 aliphatic carbocycles. The van der Waals surface area contributed by atoms with Crippen molar-refractivity contribution in [1.29, 1.82) is 0 Å². The summed E-state index contributed by atoms with van der Waals surface area (Å²) in [6.45, 7) is 1.81. The molecular formula is C17H19N3O3S. The van der Waals surface area contributed by atoms with E-state index in [-0.39, 0.29) is 17.5 Å². The van der Waals surface area contributed by atoms with Gasteiger partial charge in [0.25, 0.3) is 0 Å². The van der Waals surface area contributed by atoms with Gasteiger partial charge in [0.2, 0.25) is 0 Å². The highest BCUT2D eigenvalue weighted by molar-refractivity contribution is 7.91. The van der Waals surface area contributed by atoms with E-state index in [9.17, 15) is 13.2 Å². The Morgan fingerprint density at radius 2 is 1.92 bits per heavy atom. The van der Waals surface area contributed by atoms with Gasteiger partial charge in [-0.05, 0) is 35.7 Å². The van der Waals surface area contributed by atoms with Gasteiger partial charge < -0.3 is 5.32 Å². The second-order valence-corrected chi connectivity index (χ2v) is 8.17. The fourth-order valence-corrected chi connectivity index (χ4v) is 4.41. The SMILES string of the molecule is CC(=NNC(=O)N[C@H]1CCS(=O)(=O)C1)c1ccc2ccccc2c1. The van der Waals surface area contributed by atoms with Gasteiger partial charge in [0.1, 0.15) is 0 Å². The van der Waals surface area contributed by atoms with Crippen molar-refractivity contribution in [2.75, 3.05) is 11.5 Å². The molecular weight excluding hydrogens is 326 g/mol. The Bertz CT molecular complexity index is 906. The molecule has 0 radical (unpaired) electrons. The highest BCUT2D eigenvalue weighted by Crippen LogP contribution is 2.16. The second-order valence-electron chi connectivity index (χ2n) is 5.94. The lowest BCUT2D eigenvalue weighted by molar-refractivity contribution is 0.238. The largest absolute Gasteiger partial charge is 0.335 e. The zero-order valence-corrected chi connectivity index (χ0v) is 14.1. The predicted molar refractivity (Wildman–Crippen MR) is 94.9 cm³/mol. The molecule has 2 aromatic carbocycles. The van der Waals surface area contributed by atoms with Crippen molar-refractivity contribution in [3.05, 3.63) is 48.0 Å². The third-order valence-corrected chi connectivity index (χ3v) is 5.83. The van der Waals surface area contributed by atoms with Gasteiger partial charge in [-0.2, -0.15) is 5.10 Å². The first-order valence-corrected chi connectivity index (χ1v) is 9.55. The molecule has 0 bridgehead atoms. The lowest BCUT2D eigenvalue weighted by atomic mass is 10.0. The Balaban J connectivity index is 1.63. The molecule has 1 fully saturated rings. The zero-order valence-electron chi connectivity index (χ0n) is 13.3. The third-order valence-electron chi connectivity index (χ3n) is 4.06. The first kappa shape index (κ1) is 16.4. The van der Waals surface area contributed by atoms with E-state index in [0.717, 1.165) is 16.3 Å². The van der Waals surface area contributed by atoms with Gasteiger partial charge in [0.15, 0.2) is 9.84 Å². The Labute approximate surface area is 140 Å². The van der Waals surface area contributed by atoms with Gasteiger partial charge >= 0.3 is 6.03 Å². The van der Waals surface area contributed by atoms with Crippen LogP contribution in [0.25, 0.3) is 10.8 Å². The lowest BCUT2D eigenvalue weighted by Gasteiger charge is -2.10. The van der Waals surface area contributed by atoms with Gasteiger partial charge in [-0.3, -0.25) is 0 Å². The number of fused-ring (bicyclic) bond motifs is 1. The average molecular weight is 345 g/mol.